The van der Waals surface area contributed by atoms with E-state index < -0.39 is 30.1 Å². The van der Waals surface area contributed by atoms with E-state index in [0.717, 1.165) is 96.3 Å². The minimum absolute atomic E-state index is 0.00727. The van der Waals surface area contributed by atoms with Gasteiger partial charge >= 0.3 is 29.8 Å². The van der Waals surface area contributed by atoms with Crippen LogP contribution in [0.3, 0.4) is 0 Å². The predicted octanol–water partition coefficient (Wildman–Crippen LogP) is 11.5. The highest BCUT2D eigenvalue weighted by Crippen LogP contribution is 2.19. The molecular weight excluding hydrogens is 803 g/mol. The van der Waals surface area contributed by atoms with Crippen molar-refractivity contribution in [1.82, 2.24) is 5.32 Å². The van der Waals surface area contributed by atoms with Gasteiger partial charge in [0.25, 0.3) is 0 Å². The molecule has 0 amide bonds. The fourth-order valence-electron chi connectivity index (χ4n) is 7.70. The quantitative estimate of drug-likeness (QED) is 0.0352. The van der Waals surface area contributed by atoms with E-state index in [1.165, 1.54) is 64.2 Å². The number of hydrogen-bond donors (Lipinski definition) is 1. The zero-order valence-corrected chi connectivity index (χ0v) is 40.8. The summed E-state index contributed by atoms with van der Waals surface area (Å²) >= 11 is 0. The number of unbranched alkanes of at least 4 members (excludes halogenated alkanes) is 20. The van der Waals surface area contributed by atoms with Gasteiger partial charge in [-0.25, -0.2) is 0 Å². The highest BCUT2D eigenvalue weighted by Gasteiger charge is 2.35. The summed E-state index contributed by atoms with van der Waals surface area (Å²) in [4.78, 5) is 64.6. The number of nitrogens with one attached hydrogen (secondary N) is 1. The van der Waals surface area contributed by atoms with Gasteiger partial charge < -0.3 is 33.7 Å². The molecule has 1 aliphatic rings. The van der Waals surface area contributed by atoms with E-state index in [-0.39, 0.29) is 69.2 Å². The first-order valence-corrected chi connectivity index (χ1v) is 25.8. The molecule has 63 heavy (non-hydrogen) atoms. The Morgan fingerprint density at radius 2 is 0.746 bits per heavy atom. The average Bonchev–Trinajstić information content (AvgIpc) is 3.69. The Hall–Kier alpha value is -2.73. The summed E-state index contributed by atoms with van der Waals surface area (Å²) in [6.07, 6.45) is 26.5. The molecule has 1 N–H and O–H groups in total. The van der Waals surface area contributed by atoms with Gasteiger partial charge in [-0.1, -0.05) is 163 Å². The largest absolute Gasteiger partial charge is 0.465 e. The van der Waals surface area contributed by atoms with Crippen LogP contribution in [0.5, 0.6) is 0 Å². The van der Waals surface area contributed by atoms with E-state index in [9.17, 15) is 24.0 Å². The summed E-state index contributed by atoms with van der Waals surface area (Å²) in [5.74, 6) is -2.95. The van der Waals surface area contributed by atoms with Gasteiger partial charge in [-0.2, -0.15) is 0 Å². The third-order valence-corrected chi connectivity index (χ3v) is 11.8. The van der Waals surface area contributed by atoms with Gasteiger partial charge in [0.05, 0.1) is 45.4 Å². The van der Waals surface area contributed by atoms with Crippen molar-refractivity contribution >= 4 is 29.8 Å². The van der Waals surface area contributed by atoms with E-state index in [4.69, 9.17) is 28.4 Å². The number of esters is 5. The molecule has 1 heterocycles. The predicted molar refractivity (Wildman–Crippen MR) is 249 cm³/mol. The highest BCUT2D eigenvalue weighted by atomic mass is 16.6. The molecule has 1 rings (SSSR count). The molecule has 1 fully saturated rings. The van der Waals surface area contributed by atoms with Gasteiger partial charge in [0.15, 0.2) is 12.2 Å². The fourth-order valence-corrected chi connectivity index (χ4v) is 7.70. The van der Waals surface area contributed by atoms with Gasteiger partial charge in [0, 0.05) is 44.2 Å². The lowest BCUT2D eigenvalue weighted by Crippen LogP contribution is -2.36. The number of hydrogen-bond acceptors (Lipinski definition) is 12. The summed E-state index contributed by atoms with van der Waals surface area (Å²) in [7, 11) is 0. The van der Waals surface area contributed by atoms with Crippen LogP contribution in [0.1, 0.15) is 227 Å². The molecule has 368 valence electrons. The molecule has 4 atom stereocenters. The van der Waals surface area contributed by atoms with Gasteiger partial charge in [-0.15, -0.1) is 0 Å². The van der Waals surface area contributed by atoms with E-state index in [1.54, 1.807) is 0 Å². The van der Waals surface area contributed by atoms with Crippen molar-refractivity contribution in [1.29, 1.82) is 0 Å². The van der Waals surface area contributed by atoms with Crippen LogP contribution in [0, 0.1) is 11.8 Å². The lowest BCUT2D eigenvalue weighted by molar-refractivity contribution is -0.167. The summed E-state index contributed by atoms with van der Waals surface area (Å²) in [6, 6.07) is 0. The number of ether oxygens (including phenoxy) is 6. The Labute approximate surface area is 383 Å². The Morgan fingerprint density at radius 1 is 0.429 bits per heavy atom. The second-order valence-electron chi connectivity index (χ2n) is 18.2. The zero-order chi connectivity index (χ0) is 46.2. The van der Waals surface area contributed by atoms with Crippen LogP contribution in [-0.2, 0) is 52.4 Å². The minimum atomic E-state index is -0.727. The molecule has 1 aliphatic heterocycles. The van der Waals surface area contributed by atoms with Crippen molar-refractivity contribution in [2.45, 2.75) is 246 Å². The first-order chi connectivity index (χ1) is 30.6. The van der Waals surface area contributed by atoms with Crippen molar-refractivity contribution in [2.75, 3.05) is 39.5 Å². The van der Waals surface area contributed by atoms with Crippen LogP contribution < -0.4 is 5.32 Å². The molecule has 12 heteroatoms. The van der Waals surface area contributed by atoms with Crippen molar-refractivity contribution < 1.29 is 52.4 Å². The number of carbonyl (C=O) groups is 5. The maximum atomic E-state index is 13.4. The number of carbonyl (C=O) groups excluding carboxylic acids is 5. The standard InChI is InChI=1S/C51H93NO11/c1-6-10-14-18-22-26-30-42(5)58-38-43(39-59-47(53)31-27-23-19-15-11-7-2)34-50(56)62-45-36-52-37-46(45)63-51(57)35-44(40-60-48(54)32-28-24-20-16-12-8-3)41-61-49(55)33-29-25-21-17-13-9-4/h42-46,52H,6-41H2,1-5H3/t42?,43?,45-,46-/m0/s1. The average molecular weight is 896 g/mol. The fraction of sp³-hybridized carbons (Fsp3) is 0.902. The molecule has 0 aromatic heterocycles. The first-order valence-electron chi connectivity index (χ1n) is 25.8. The minimum Gasteiger partial charge on any atom is -0.465 e. The molecule has 0 aromatic carbocycles. The van der Waals surface area contributed by atoms with E-state index in [0.29, 0.717) is 32.4 Å². The van der Waals surface area contributed by atoms with E-state index in [1.807, 2.05) is 6.92 Å². The summed E-state index contributed by atoms with van der Waals surface area (Å²) in [5, 5.41) is 3.15. The Morgan fingerprint density at radius 3 is 1.11 bits per heavy atom. The highest BCUT2D eigenvalue weighted by molar-refractivity contribution is 5.72. The van der Waals surface area contributed by atoms with Crippen LogP contribution >= 0.6 is 0 Å². The van der Waals surface area contributed by atoms with Crippen LogP contribution in [0.2, 0.25) is 0 Å². The monoisotopic (exact) mass is 896 g/mol. The van der Waals surface area contributed by atoms with Crippen molar-refractivity contribution in [3.05, 3.63) is 0 Å². The van der Waals surface area contributed by atoms with E-state index >= 15 is 0 Å². The summed E-state index contributed by atoms with van der Waals surface area (Å²) in [6.45, 7) is 11.6. The first kappa shape index (κ1) is 58.3. The van der Waals surface area contributed by atoms with Crippen LogP contribution in [0.4, 0.5) is 0 Å². The molecule has 0 bridgehead atoms. The summed E-state index contributed by atoms with van der Waals surface area (Å²) < 4.78 is 34.7. The smallest absolute Gasteiger partial charge is 0.306 e. The van der Waals surface area contributed by atoms with Gasteiger partial charge in [-0.3, -0.25) is 24.0 Å². The van der Waals surface area contributed by atoms with Crippen molar-refractivity contribution in [3.8, 4) is 0 Å². The molecule has 0 aromatic rings. The lowest BCUT2D eigenvalue weighted by atomic mass is 10.1. The van der Waals surface area contributed by atoms with Crippen LogP contribution in [0.25, 0.3) is 0 Å². The molecule has 0 radical (unpaired) electrons. The maximum Gasteiger partial charge on any atom is 0.306 e. The van der Waals surface area contributed by atoms with Gasteiger partial charge in [0.1, 0.15) is 0 Å². The molecule has 0 aliphatic carbocycles. The Kier molecular flexibility index (Phi) is 37.7. The second-order valence-corrected chi connectivity index (χ2v) is 18.2. The Balaban J connectivity index is 2.78. The third kappa shape index (κ3) is 34.3. The molecule has 1 saturated heterocycles. The molecule has 2 unspecified atom stereocenters. The molecular formula is C51H93NO11. The van der Waals surface area contributed by atoms with Crippen LogP contribution in [-0.4, -0.2) is 87.7 Å². The SMILES string of the molecule is CCCCCCCCC(=O)OCC(COC(=O)CCCCCCCC)CC(=O)O[C@H]1CNC[C@@H]1OC(=O)CC(COC(=O)CCCCCCCC)COC(C)CCCCCCCC. The summed E-state index contributed by atoms with van der Waals surface area (Å²) in [5.41, 5.74) is 0. The maximum absolute atomic E-state index is 13.4. The zero-order valence-electron chi connectivity index (χ0n) is 40.8. The second kappa shape index (κ2) is 40.8. The lowest BCUT2D eigenvalue weighted by Gasteiger charge is -2.23. The normalized spacial score (nSPS) is 15.8. The van der Waals surface area contributed by atoms with Crippen molar-refractivity contribution in [2.24, 2.45) is 11.8 Å². The Bertz CT molecular complexity index is 1130. The molecule has 0 saturated carbocycles. The van der Waals surface area contributed by atoms with E-state index in [2.05, 4.69) is 33.0 Å². The third-order valence-electron chi connectivity index (χ3n) is 11.8. The van der Waals surface area contributed by atoms with Gasteiger partial charge in [0.2, 0.25) is 0 Å². The topological polar surface area (TPSA) is 153 Å². The number of rotatable bonds is 43. The molecule has 12 nitrogen and oxygen atoms in total. The van der Waals surface area contributed by atoms with Crippen molar-refractivity contribution in [3.63, 3.8) is 0 Å². The molecule has 0 spiro atoms. The van der Waals surface area contributed by atoms with Gasteiger partial charge in [-0.05, 0) is 32.6 Å². The van der Waals surface area contributed by atoms with Crippen LogP contribution in [0.15, 0.2) is 0 Å².